The molecule has 2 aromatic rings. The van der Waals surface area contributed by atoms with Crippen molar-refractivity contribution in [3.63, 3.8) is 0 Å². The first-order chi connectivity index (χ1) is 10.2. The summed E-state index contributed by atoms with van der Waals surface area (Å²) in [5.41, 5.74) is 2.03. The van der Waals surface area contributed by atoms with Gasteiger partial charge in [-0.3, -0.25) is 4.79 Å². The van der Waals surface area contributed by atoms with Gasteiger partial charge >= 0.3 is 0 Å². The summed E-state index contributed by atoms with van der Waals surface area (Å²) in [5, 5.41) is 2.99. The maximum atomic E-state index is 12.2. The van der Waals surface area contributed by atoms with Crippen LogP contribution in [0.3, 0.4) is 0 Å². The SMILES string of the molecule is CCc1ncoc1C(=O)NCC1(c2ccccc2Br)CC1. The van der Waals surface area contributed by atoms with Gasteiger partial charge in [0.05, 0.1) is 5.69 Å². The number of benzene rings is 1. The van der Waals surface area contributed by atoms with Gasteiger partial charge in [0.25, 0.3) is 5.91 Å². The lowest BCUT2D eigenvalue weighted by Crippen LogP contribution is -2.32. The molecular weight excluding hydrogens is 332 g/mol. The Kier molecular flexibility index (Phi) is 3.85. The molecule has 0 spiro atoms. The van der Waals surface area contributed by atoms with E-state index in [0.29, 0.717) is 24.4 Å². The van der Waals surface area contributed by atoms with E-state index in [1.165, 1.54) is 12.0 Å². The molecule has 4 nitrogen and oxygen atoms in total. The number of hydrogen-bond acceptors (Lipinski definition) is 3. The van der Waals surface area contributed by atoms with Crippen LogP contribution in [0.1, 0.15) is 41.6 Å². The van der Waals surface area contributed by atoms with Crippen molar-refractivity contribution in [2.75, 3.05) is 6.54 Å². The van der Waals surface area contributed by atoms with Gasteiger partial charge in [0.2, 0.25) is 5.76 Å². The fourth-order valence-corrected chi connectivity index (χ4v) is 3.32. The zero-order valence-corrected chi connectivity index (χ0v) is 13.4. The molecule has 1 aromatic heterocycles. The van der Waals surface area contributed by atoms with Crippen LogP contribution in [-0.2, 0) is 11.8 Å². The summed E-state index contributed by atoms with van der Waals surface area (Å²) in [5.74, 6) is 0.156. The predicted molar refractivity (Wildman–Crippen MR) is 83.3 cm³/mol. The van der Waals surface area contributed by atoms with Crippen molar-refractivity contribution < 1.29 is 9.21 Å². The standard InChI is InChI=1S/C16H17BrN2O2/c1-2-13-14(21-10-19-13)15(20)18-9-16(7-8-16)11-5-3-4-6-12(11)17/h3-6,10H,2,7-9H2,1H3,(H,18,20). The van der Waals surface area contributed by atoms with Crippen LogP contribution < -0.4 is 5.32 Å². The van der Waals surface area contributed by atoms with Gasteiger partial charge in [-0.25, -0.2) is 4.98 Å². The highest BCUT2D eigenvalue weighted by Crippen LogP contribution is 2.49. The van der Waals surface area contributed by atoms with Crippen LogP contribution in [0.15, 0.2) is 39.5 Å². The highest BCUT2D eigenvalue weighted by Gasteiger charge is 2.45. The molecule has 0 aliphatic heterocycles. The second-order valence-corrected chi connectivity index (χ2v) is 6.28. The van der Waals surface area contributed by atoms with Crippen LogP contribution in [0.25, 0.3) is 0 Å². The van der Waals surface area contributed by atoms with Gasteiger partial charge in [-0.2, -0.15) is 0 Å². The minimum absolute atomic E-state index is 0.0577. The number of halogens is 1. The number of amides is 1. The zero-order valence-electron chi connectivity index (χ0n) is 11.9. The van der Waals surface area contributed by atoms with Crippen LogP contribution in [0, 0.1) is 0 Å². The van der Waals surface area contributed by atoms with Gasteiger partial charge in [0, 0.05) is 16.4 Å². The van der Waals surface area contributed by atoms with Crippen molar-refractivity contribution in [2.45, 2.75) is 31.6 Å². The van der Waals surface area contributed by atoms with E-state index in [9.17, 15) is 4.79 Å². The quantitative estimate of drug-likeness (QED) is 0.899. The molecular formula is C16H17BrN2O2. The number of nitrogens with one attached hydrogen (secondary N) is 1. The van der Waals surface area contributed by atoms with Crippen molar-refractivity contribution in [1.82, 2.24) is 10.3 Å². The molecule has 21 heavy (non-hydrogen) atoms. The predicted octanol–water partition coefficient (Wildman–Crippen LogP) is 3.46. The van der Waals surface area contributed by atoms with E-state index in [-0.39, 0.29) is 11.3 Å². The molecule has 110 valence electrons. The van der Waals surface area contributed by atoms with Crippen molar-refractivity contribution in [1.29, 1.82) is 0 Å². The largest absolute Gasteiger partial charge is 0.438 e. The first-order valence-electron chi connectivity index (χ1n) is 7.12. The second-order valence-electron chi connectivity index (χ2n) is 5.42. The molecule has 3 rings (SSSR count). The Labute approximate surface area is 132 Å². The fraction of sp³-hybridized carbons (Fsp3) is 0.375. The molecule has 5 heteroatoms. The number of carbonyl (C=O) groups is 1. The lowest BCUT2D eigenvalue weighted by Gasteiger charge is -2.17. The van der Waals surface area contributed by atoms with Crippen LogP contribution in [0.5, 0.6) is 0 Å². The fourth-order valence-electron chi connectivity index (χ4n) is 2.62. The minimum Gasteiger partial charge on any atom is -0.438 e. The summed E-state index contributed by atoms with van der Waals surface area (Å²) in [6.07, 6.45) is 4.20. The Morgan fingerprint density at radius 1 is 1.43 bits per heavy atom. The third-order valence-electron chi connectivity index (χ3n) is 4.07. The maximum Gasteiger partial charge on any atom is 0.289 e. The molecule has 0 atom stereocenters. The van der Waals surface area contributed by atoms with Gasteiger partial charge in [-0.1, -0.05) is 41.1 Å². The molecule has 1 aromatic carbocycles. The lowest BCUT2D eigenvalue weighted by molar-refractivity contribution is 0.0920. The maximum absolute atomic E-state index is 12.2. The zero-order chi connectivity index (χ0) is 14.9. The van der Waals surface area contributed by atoms with Gasteiger partial charge in [-0.15, -0.1) is 0 Å². The van der Waals surface area contributed by atoms with Crippen LogP contribution in [0.2, 0.25) is 0 Å². The van der Waals surface area contributed by atoms with E-state index < -0.39 is 0 Å². The van der Waals surface area contributed by atoms with Crippen molar-refractivity contribution in [3.8, 4) is 0 Å². The Bertz CT molecular complexity index is 662. The molecule has 1 amide bonds. The normalized spacial score (nSPS) is 15.7. The third kappa shape index (κ3) is 2.75. The number of carbonyl (C=O) groups excluding carboxylic acids is 1. The van der Waals surface area contributed by atoms with E-state index in [1.54, 1.807) is 0 Å². The number of aromatic nitrogens is 1. The highest BCUT2D eigenvalue weighted by atomic mass is 79.9. The molecule has 1 heterocycles. The minimum atomic E-state index is -0.178. The highest BCUT2D eigenvalue weighted by molar-refractivity contribution is 9.10. The van der Waals surface area contributed by atoms with Gasteiger partial charge in [-0.05, 0) is 30.9 Å². The number of rotatable bonds is 5. The van der Waals surface area contributed by atoms with Gasteiger partial charge in [0.15, 0.2) is 6.39 Å². The van der Waals surface area contributed by atoms with E-state index in [2.05, 4.69) is 32.3 Å². The number of oxazole rings is 1. The Balaban J connectivity index is 1.71. The molecule has 0 bridgehead atoms. The molecule has 1 aliphatic rings. The Hall–Kier alpha value is -1.62. The Morgan fingerprint density at radius 2 is 2.19 bits per heavy atom. The van der Waals surface area contributed by atoms with E-state index in [4.69, 9.17) is 4.42 Å². The van der Waals surface area contributed by atoms with Crippen LogP contribution in [0.4, 0.5) is 0 Å². The van der Waals surface area contributed by atoms with Crippen LogP contribution in [-0.4, -0.2) is 17.4 Å². The first-order valence-corrected chi connectivity index (χ1v) is 7.91. The monoisotopic (exact) mass is 348 g/mol. The van der Waals surface area contributed by atoms with E-state index in [0.717, 1.165) is 17.3 Å². The molecule has 1 aliphatic carbocycles. The van der Waals surface area contributed by atoms with Crippen molar-refractivity contribution >= 4 is 21.8 Å². The smallest absolute Gasteiger partial charge is 0.289 e. The van der Waals surface area contributed by atoms with Gasteiger partial charge in [0.1, 0.15) is 0 Å². The van der Waals surface area contributed by atoms with Crippen LogP contribution >= 0.6 is 15.9 Å². The average molecular weight is 349 g/mol. The van der Waals surface area contributed by atoms with Crippen molar-refractivity contribution in [3.05, 3.63) is 52.1 Å². The summed E-state index contributed by atoms with van der Waals surface area (Å²) in [7, 11) is 0. The lowest BCUT2D eigenvalue weighted by atomic mass is 9.96. The molecule has 0 saturated heterocycles. The second kappa shape index (κ2) is 5.64. The summed E-state index contributed by atoms with van der Waals surface area (Å²) in [6, 6.07) is 8.20. The first kappa shape index (κ1) is 14.3. The number of hydrogen-bond donors (Lipinski definition) is 1. The summed E-state index contributed by atoms with van der Waals surface area (Å²) in [6.45, 7) is 2.58. The number of nitrogens with zero attached hydrogens (tertiary/aromatic N) is 1. The molecule has 1 fully saturated rings. The average Bonchev–Trinajstić information content (AvgIpc) is 3.12. The Morgan fingerprint density at radius 3 is 2.86 bits per heavy atom. The topological polar surface area (TPSA) is 55.1 Å². The third-order valence-corrected chi connectivity index (χ3v) is 4.76. The van der Waals surface area contributed by atoms with E-state index >= 15 is 0 Å². The van der Waals surface area contributed by atoms with E-state index in [1.807, 2.05) is 25.1 Å². The number of aryl methyl sites for hydroxylation is 1. The summed E-state index contributed by atoms with van der Waals surface area (Å²) in [4.78, 5) is 16.3. The van der Waals surface area contributed by atoms with Crippen molar-refractivity contribution in [2.24, 2.45) is 0 Å². The molecule has 1 N–H and O–H groups in total. The summed E-state index contributed by atoms with van der Waals surface area (Å²) < 4.78 is 6.30. The molecule has 0 radical (unpaired) electrons. The summed E-state index contributed by atoms with van der Waals surface area (Å²) >= 11 is 3.60. The van der Waals surface area contributed by atoms with Gasteiger partial charge < -0.3 is 9.73 Å². The molecule has 0 unspecified atom stereocenters. The molecule has 1 saturated carbocycles.